The molecule has 5 rings (SSSR count). The first-order valence-electron chi connectivity index (χ1n) is 11.0. The van der Waals surface area contributed by atoms with E-state index in [0.29, 0.717) is 0 Å². The number of fused-ring (bicyclic) bond motifs is 1. The number of methoxy groups -OCH3 is 1. The van der Waals surface area contributed by atoms with E-state index in [4.69, 9.17) is 14.5 Å². The van der Waals surface area contributed by atoms with Gasteiger partial charge < -0.3 is 9.47 Å². The molecule has 32 heavy (non-hydrogen) atoms. The van der Waals surface area contributed by atoms with Crippen LogP contribution < -0.4 is 4.74 Å². The van der Waals surface area contributed by atoms with Crippen molar-refractivity contribution in [3.8, 4) is 16.9 Å². The van der Waals surface area contributed by atoms with Crippen molar-refractivity contribution in [2.45, 2.75) is 19.4 Å². The summed E-state index contributed by atoms with van der Waals surface area (Å²) in [5, 5.41) is 8.58. The third-order valence-corrected chi connectivity index (χ3v) is 6.01. The Kier molecular flexibility index (Phi) is 6.09. The second-order valence-electron chi connectivity index (χ2n) is 8.00. The van der Waals surface area contributed by atoms with E-state index >= 15 is 0 Å². The summed E-state index contributed by atoms with van der Waals surface area (Å²) in [5.74, 6) is 0.923. The molecule has 0 spiro atoms. The van der Waals surface area contributed by atoms with E-state index in [-0.39, 0.29) is 0 Å². The maximum Gasteiger partial charge on any atom is 0.168 e. The van der Waals surface area contributed by atoms with E-state index < -0.39 is 0 Å². The summed E-state index contributed by atoms with van der Waals surface area (Å²) in [4.78, 5) is 7.08. The fourth-order valence-electron chi connectivity index (χ4n) is 4.23. The zero-order valence-electron chi connectivity index (χ0n) is 18.3. The van der Waals surface area contributed by atoms with Gasteiger partial charge in [-0.3, -0.25) is 14.3 Å². The maximum atomic E-state index is 5.49. The van der Waals surface area contributed by atoms with Gasteiger partial charge in [0.2, 0.25) is 0 Å². The Labute approximate surface area is 187 Å². The number of hydrogen-bond acceptors (Lipinski definition) is 6. The average Bonchev–Trinajstić information content (AvgIpc) is 3.34. The number of rotatable bonds is 7. The molecule has 7 nitrogen and oxygen atoms in total. The van der Waals surface area contributed by atoms with Gasteiger partial charge >= 0.3 is 0 Å². The number of nitrogens with zero attached hydrogens (tertiary/aromatic N) is 5. The fraction of sp³-hybridized carbons (Fsp3) is 0.320. The average molecular weight is 430 g/mol. The van der Waals surface area contributed by atoms with Gasteiger partial charge in [-0.25, -0.2) is 0 Å². The summed E-state index contributed by atoms with van der Waals surface area (Å²) in [5.41, 5.74) is 6.36. The monoisotopic (exact) mass is 429 g/mol. The Morgan fingerprint density at radius 1 is 1.00 bits per heavy atom. The summed E-state index contributed by atoms with van der Waals surface area (Å²) in [7, 11) is 1.71. The quantitative estimate of drug-likeness (QED) is 0.449. The van der Waals surface area contributed by atoms with Gasteiger partial charge in [-0.1, -0.05) is 24.3 Å². The molecule has 1 fully saturated rings. The summed E-state index contributed by atoms with van der Waals surface area (Å²) in [6.45, 7) is 4.37. The summed E-state index contributed by atoms with van der Waals surface area (Å²) >= 11 is 0. The van der Waals surface area contributed by atoms with Crippen molar-refractivity contribution in [1.82, 2.24) is 24.5 Å². The predicted molar refractivity (Wildman–Crippen MR) is 123 cm³/mol. The van der Waals surface area contributed by atoms with Crippen LogP contribution in [0.5, 0.6) is 5.75 Å². The molecule has 164 valence electrons. The molecule has 0 atom stereocenters. The van der Waals surface area contributed by atoms with Crippen molar-refractivity contribution in [1.29, 1.82) is 0 Å². The summed E-state index contributed by atoms with van der Waals surface area (Å²) in [6.07, 6.45) is 5.48. The third kappa shape index (κ3) is 4.35. The van der Waals surface area contributed by atoms with Gasteiger partial charge in [0.15, 0.2) is 5.65 Å². The molecule has 0 unspecified atom stereocenters. The van der Waals surface area contributed by atoms with Gasteiger partial charge in [0.05, 0.1) is 26.0 Å². The number of pyridine rings is 2. The Balaban J connectivity index is 1.35. The Bertz CT molecular complexity index is 1180. The highest BCUT2D eigenvalue weighted by Crippen LogP contribution is 2.26. The van der Waals surface area contributed by atoms with Crippen molar-refractivity contribution in [3.63, 3.8) is 0 Å². The minimum Gasteiger partial charge on any atom is -0.496 e. The Hall–Kier alpha value is -3.29. The number of para-hydroxylation sites is 1. The Morgan fingerprint density at radius 2 is 1.88 bits per heavy atom. The van der Waals surface area contributed by atoms with Crippen molar-refractivity contribution in [2.75, 3.05) is 33.4 Å². The number of aryl methyl sites for hydroxylation is 2. The standard InChI is InChI=1S/C25H27N5O2/c1-31-24-5-3-2-4-19(24)7-9-22-10-11-23(25-28-27-18-30(22)25)20-6-8-21(26-16-20)17-29-12-14-32-15-13-29/h2-6,8,10-11,16,18H,7,9,12-15,17H2,1H3. The van der Waals surface area contributed by atoms with E-state index in [0.717, 1.165) is 79.6 Å². The molecule has 1 aliphatic rings. The first-order valence-corrected chi connectivity index (χ1v) is 11.0. The van der Waals surface area contributed by atoms with Gasteiger partial charge in [0.25, 0.3) is 0 Å². The maximum absolute atomic E-state index is 5.49. The molecule has 0 amide bonds. The number of hydrogen-bond donors (Lipinski definition) is 0. The molecule has 1 aromatic carbocycles. The van der Waals surface area contributed by atoms with Gasteiger partial charge in [-0.05, 0) is 42.7 Å². The summed E-state index contributed by atoms with van der Waals surface area (Å²) in [6, 6.07) is 16.7. The van der Waals surface area contributed by atoms with Crippen LogP contribution in [0.3, 0.4) is 0 Å². The van der Waals surface area contributed by atoms with Crippen LogP contribution in [0.4, 0.5) is 0 Å². The highest BCUT2D eigenvalue weighted by atomic mass is 16.5. The largest absolute Gasteiger partial charge is 0.496 e. The molecule has 0 N–H and O–H groups in total. The number of morpholine rings is 1. The lowest BCUT2D eigenvalue weighted by Crippen LogP contribution is -2.35. The van der Waals surface area contributed by atoms with Gasteiger partial charge in [0.1, 0.15) is 12.1 Å². The Morgan fingerprint density at radius 3 is 2.69 bits per heavy atom. The normalized spacial score (nSPS) is 14.7. The second kappa shape index (κ2) is 9.46. The molecule has 1 aliphatic heterocycles. The lowest BCUT2D eigenvalue weighted by molar-refractivity contribution is 0.0336. The van der Waals surface area contributed by atoms with Crippen LogP contribution in [0, 0.1) is 0 Å². The van der Waals surface area contributed by atoms with E-state index in [1.807, 2.05) is 24.4 Å². The van der Waals surface area contributed by atoms with Crippen LogP contribution in [0.2, 0.25) is 0 Å². The smallest absolute Gasteiger partial charge is 0.168 e. The predicted octanol–water partition coefficient (Wildman–Crippen LogP) is 3.42. The fourth-order valence-corrected chi connectivity index (χ4v) is 4.23. The zero-order chi connectivity index (χ0) is 21.8. The molecular weight excluding hydrogens is 402 g/mol. The van der Waals surface area contributed by atoms with Gasteiger partial charge in [0, 0.05) is 42.7 Å². The SMILES string of the molecule is COc1ccccc1CCc1ccc(-c2ccc(CN3CCOCC3)nc2)c2nncn12. The molecule has 4 heterocycles. The van der Waals surface area contributed by atoms with E-state index in [1.54, 1.807) is 13.4 Å². The van der Waals surface area contributed by atoms with E-state index in [9.17, 15) is 0 Å². The molecule has 0 bridgehead atoms. The molecular formula is C25H27N5O2. The first-order chi connectivity index (χ1) is 15.8. The summed E-state index contributed by atoms with van der Waals surface area (Å²) < 4.78 is 13.0. The van der Waals surface area contributed by atoms with Crippen LogP contribution in [0.25, 0.3) is 16.8 Å². The molecule has 3 aromatic heterocycles. The van der Waals surface area contributed by atoms with Gasteiger partial charge in [-0.2, -0.15) is 0 Å². The van der Waals surface area contributed by atoms with Crippen LogP contribution in [-0.4, -0.2) is 57.9 Å². The van der Waals surface area contributed by atoms with Crippen molar-refractivity contribution < 1.29 is 9.47 Å². The molecule has 0 radical (unpaired) electrons. The van der Waals surface area contributed by atoms with Crippen molar-refractivity contribution >= 4 is 5.65 Å². The zero-order valence-corrected chi connectivity index (χ0v) is 18.3. The molecule has 4 aromatic rings. The first kappa shape index (κ1) is 20.6. The van der Waals surface area contributed by atoms with E-state index in [1.165, 1.54) is 5.56 Å². The van der Waals surface area contributed by atoms with Crippen molar-refractivity contribution in [2.24, 2.45) is 0 Å². The van der Waals surface area contributed by atoms with Crippen molar-refractivity contribution in [3.05, 3.63) is 78.0 Å². The lowest BCUT2D eigenvalue weighted by atomic mass is 10.0. The number of aromatic nitrogens is 4. The minimum absolute atomic E-state index is 0.798. The highest BCUT2D eigenvalue weighted by Gasteiger charge is 2.14. The van der Waals surface area contributed by atoms with Crippen LogP contribution in [0.15, 0.2) is 61.1 Å². The molecule has 1 saturated heterocycles. The molecule has 7 heteroatoms. The second-order valence-corrected chi connectivity index (χ2v) is 8.00. The minimum atomic E-state index is 0.798. The molecule has 0 saturated carbocycles. The molecule has 0 aliphatic carbocycles. The van der Waals surface area contributed by atoms with Crippen LogP contribution in [-0.2, 0) is 24.1 Å². The number of benzene rings is 1. The number of ether oxygens (including phenoxy) is 2. The van der Waals surface area contributed by atoms with Gasteiger partial charge in [-0.15, -0.1) is 10.2 Å². The third-order valence-electron chi connectivity index (χ3n) is 6.01. The van der Waals surface area contributed by atoms with Crippen LogP contribution in [0.1, 0.15) is 17.0 Å². The highest BCUT2D eigenvalue weighted by molar-refractivity contribution is 5.77. The lowest BCUT2D eigenvalue weighted by Gasteiger charge is -2.26. The topological polar surface area (TPSA) is 64.8 Å². The van der Waals surface area contributed by atoms with Crippen LogP contribution >= 0.6 is 0 Å². The van der Waals surface area contributed by atoms with E-state index in [2.05, 4.69) is 49.8 Å².